The third-order valence-electron chi connectivity index (χ3n) is 11.6. The average molecular weight is 670 g/mol. The lowest BCUT2D eigenvalue weighted by Crippen LogP contribution is -2.66. The first-order valence-electron chi connectivity index (χ1n) is 18.0. The molecule has 4 rings (SSSR count). The number of hydrogen-bond donors (Lipinski definition) is 3. The molecule has 2 fully saturated rings. The summed E-state index contributed by atoms with van der Waals surface area (Å²) in [6.45, 7) is 13.6. The number of carbonyl (C=O) groups is 3. The number of allylic oxidation sites excluding steroid dienone is 1. The molecule has 0 aromatic carbocycles. The summed E-state index contributed by atoms with van der Waals surface area (Å²) in [7, 11) is 0. The van der Waals surface area contributed by atoms with Crippen LogP contribution in [0.15, 0.2) is 36.0 Å². The quantitative estimate of drug-likeness (QED) is 0.0773. The highest BCUT2D eigenvalue weighted by Crippen LogP contribution is 2.77. The third-order valence-corrected chi connectivity index (χ3v) is 11.6. The first kappa shape index (κ1) is 39.6. The maximum atomic E-state index is 13.3. The van der Waals surface area contributed by atoms with Crippen molar-refractivity contribution in [1.29, 1.82) is 5.26 Å². The van der Waals surface area contributed by atoms with Gasteiger partial charge in [0, 0.05) is 54.9 Å². The van der Waals surface area contributed by atoms with Crippen LogP contribution in [0.2, 0.25) is 0 Å². The summed E-state index contributed by atoms with van der Waals surface area (Å²) >= 11 is 0. The van der Waals surface area contributed by atoms with Gasteiger partial charge in [0.1, 0.15) is 11.7 Å². The van der Waals surface area contributed by atoms with Gasteiger partial charge in [-0.1, -0.05) is 111 Å². The van der Waals surface area contributed by atoms with E-state index in [-0.39, 0.29) is 19.4 Å². The van der Waals surface area contributed by atoms with Crippen molar-refractivity contribution in [1.82, 2.24) is 0 Å². The molecule has 0 bridgehead atoms. The Balaban J connectivity index is 0.00000148. The molecule has 4 aliphatic carbocycles. The fourth-order valence-electron chi connectivity index (χ4n) is 9.20. The standard InChI is InChI=1S/C36H56O8.C3H3N/c1-7-8-9-10-11-12-13-14-15-16-17-18-29(39)43-32-24(3)35(42)27(30-33(5,6)36(30,32)44-25(4)38)20-26(22-37)21-34(41)28(35)19-23(2)31(34)40;1-2-3-4/h19-20,24,27-28,30,32,37,41-42H,7-18,21-22H2,1-6H3;2H,1H2/t24-,27+,28-,30-,32-,34-,35-,36-;/m1./s1. The third kappa shape index (κ3) is 7.37. The van der Waals surface area contributed by atoms with Crippen molar-refractivity contribution >= 4 is 17.7 Å². The predicted octanol–water partition coefficient (Wildman–Crippen LogP) is 6.45. The molecule has 0 aliphatic heterocycles. The number of nitrogens with zero attached hydrogens (tertiary/aromatic N) is 1. The molecule has 0 unspecified atom stereocenters. The van der Waals surface area contributed by atoms with Crippen molar-refractivity contribution < 1.29 is 39.2 Å². The number of fused-ring (bicyclic) bond motifs is 5. The highest BCUT2D eigenvalue weighted by molar-refractivity contribution is 6.04. The van der Waals surface area contributed by atoms with Crippen molar-refractivity contribution in [2.24, 2.45) is 29.1 Å². The zero-order chi connectivity index (χ0) is 35.9. The van der Waals surface area contributed by atoms with E-state index in [4.69, 9.17) is 14.7 Å². The van der Waals surface area contributed by atoms with E-state index in [0.717, 1.165) is 19.3 Å². The van der Waals surface area contributed by atoms with E-state index in [2.05, 4.69) is 13.5 Å². The number of ketones is 1. The summed E-state index contributed by atoms with van der Waals surface area (Å²) in [4.78, 5) is 39.1. The molecule has 9 nitrogen and oxygen atoms in total. The van der Waals surface area contributed by atoms with E-state index in [1.807, 2.05) is 13.8 Å². The first-order valence-corrected chi connectivity index (χ1v) is 18.0. The van der Waals surface area contributed by atoms with Gasteiger partial charge in [0.2, 0.25) is 0 Å². The van der Waals surface area contributed by atoms with E-state index >= 15 is 0 Å². The second kappa shape index (κ2) is 16.3. The molecule has 0 radical (unpaired) electrons. The SMILES string of the molecule is C=CC#N.CCCCCCCCCCCCCC(=O)O[C@@H]1[C@@H](C)[C@@]2(O)[C@@H](C=C(CO)C[C@]3(O)C(=O)C(C)=C[C@@H]23)[C@@H]2C(C)(C)[C@]12OC(C)=O. The Morgan fingerprint density at radius 1 is 1.04 bits per heavy atom. The minimum Gasteiger partial charge on any atom is -0.458 e. The maximum Gasteiger partial charge on any atom is 0.306 e. The zero-order valence-corrected chi connectivity index (χ0v) is 30.1. The molecule has 3 N–H and O–H groups in total. The van der Waals surface area contributed by atoms with Crippen LogP contribution in [0.4, 0.5) is 0 Å². The Kier molecular flexibility index (Phi) is 13.4. The Hall–Kier alpha value is -2.80. The van der Waals surface area contributed by atoms with Crippen LogP contribution >= 0.6 is 0 Å². The first-order chi connectivity index (χ1) is 22.6. The van der Waals surface area contributed by atoms with Crippen molar-refractivity contribution in [3.8, 4) is 6.07 Å². The fourth-order valence-corrected chi connectivity index (χ4v) is 9.20. The summed E-state index contributed by atoms with van der Waals surface area (Å²) in [5.74, 6) is -4.29. The van der Waals surface area contributed by atoms with Crippen LogP contribution in [-0.4, -0.2) is 62.6 Å². The molecule has 8 atom stereocenters. The van der Waals surface area contributed by atoms with E-state index in [1.165, 1.54) is 57.9 Å². The van der Waals surface area contributed by atoms with E-state index in [1.54, 1.807) is 32.1 Å². The van der Waals surface area contributed by atoms with Crippen molar-refractivity contribution in [3.63, 3.8) is 0 Å². The van der Waals surface area contributed by atoms with E-state index < -0.39 is 69.7 Å². The number of unbranched alkanes of at least 4 members (excludes halogenated alkanes) is 10. The largest absolute Gasteiger partial charge is 0.458 e. The van der Waals surface area contributed by atoms with Crippen LogP contribution in [0.3, 0.4) is 0 Å². The summed E-state index contributed by atoms with van der Waals surface area (Å²) in [5, 5.41) is 42.3. The lowest BCUT2D eigenvalue weighted by Gasteiger charge is -2.53. The Labute approximate surface area is 287 Å². The molecule has 9 heteroatoms. The van der Waals surface area contributed by atoms with Gasteiger partial charge in [-0.15, -0.1) is 0 Å². The van der Waals surface area contributed by atoms with Gasteiger partial charge in [-0.25, -0.2) is 0 Å². The monoisotopic (exact) mass is 669 g/mol. The number of carbonyl (C=O) groups excluding carboxylic acids is 3. The number of rotatable bonds is 15. The molecule has 0 saturated heterocycles. The van der Waals surface area contributed by atoms with Gasteiger partial charge >= 0.3 is 11.9 Å². The van der Waals surface area contributed by atoms with Crippen LogP contribution in [0.5, 0.6) is 0 Å². The fraction of sp³-hybridized carbons (Fsp3) is 0.744. The normalized spacial score (nSPS) is 34.0. The summed E-state index contributed by atoms with van der Waals surface area (Å²) in [6.07, 6.45) is 16.5. The molecule has 2 saturated carbocycles. The second-order valence-electron chi connectivity index (χ2n) is 15.1. The summed E-state index contributed by atoms with van der Waals surface area (Å²) in [6, 6.07) is 1.69. The van der Waals surface area contributed by atoms with Crippen molar-refractivity contribution in [2.45, 2.75) is 148 Å². The Morgan fingerprint density at radius 3 is 2.08 bits per heavy atom. The van der Waals surface area contributed by atoms with Crippen LogP contribution in [0.25, 0.3) is 0 Å². The van der Waals surface area contributed by atoms with Crippen LogP contribution < -0.4 is 0 Å². The maximum absolute atomic E-state index is 13.3. The molecule has 0 aromatic heterocycles. The number of aliphatic hydroxyl groups excluding tert-OH is 1. The number of esters is 2. The number of Topliss-reactive ketones (excluding diaryl/α,β-unsaturated/α-hetero) is 1. The Morgan fingerprint density at radius 2 is 1.58 bits per heavy atom. The minimum atomic E-state index is -1.93. The number of nitriles is 1. The molecule has 4 aliphatic rings. The highest BCUT2D eigenvalue weighted by Gasteiger charge is 2.87. The lowest BCUT2D eigenvalue weighted by molar-refractivity contribution is -0.228. The molecular formula is C39H59NO8. The molecule has 48 heavy (non-hydrogen) atoms. The lowest BCUT2D eigenvalue weighted by atomic mass is 9.59. The van der Waals surface area contributed by atoms with Crippen LogP contribution in [0.1, 0.15) is 125 Å². The van der Waals surface area contributed by atoms with Gasteiger partial charge < -0.3 is 24.8 Å². The molecule has 0 aromatic rings. The molecule has 268 valence electrons. The number of aliphatic hydroxyl groups is 3. The summed E-state index contributed by atoms with van der Waals surface area (Å²) < 4.78 is 12.3. The van der Waals surface area contributed by atoms with Gasteiger partial charge in [-0.05, 0) is 24.5 Å². The topological polar surface area (TPSA) is 154 Å². The van der Waals surface area contributed by atoms with E-state index in [9.17, 15) is 29.7 Å². The van der Waals surface area contributed by atoms with Gasteiger partial charge in [0.15, 0.2) is 11.4 Å². The molecule has 0 spiro atoms. The zero-order valence-electron chi connectivity index (χ0n) is 30.1. The van der Waals surface area contributed by atoms with Gasteiger partial charge in [0.25, 0.3) is 0 Å². The Bertz CT molecular complexity index is 1290. The molecule has 0 amide bonds. The minimum absolute atomic E-state index is 0.108. The summed E-state index contributed by atoms with van der Waals surface area (Å²) in [5.41, 5.74) is -4.71. The van der Waals surface area contributed by atoms with Crippen LogP contribution in [0, 0.1) is 40.4 Å². The van der Waals surface area contributed by atoms with Gasteiger partial charge in [-0.2, -0.15) is 5.26 Å². The predicted molar refractivity (Wildman–Crippen MR) is 183 cm³/mol. The molecule has 0 heterocycles. The van der Waals surface area contributed by atoms with Crippen molar-refractivity contribution in [3.05, 3.63) is 36.0 Å². The van der Waals surface area contributed by atoms with Crippen LogP contribution in [-0.2, 0) is 23.9 Å². The number of hydrogen-bond acceptors (Lipinski definition) is 9. The number of ether oxygens (including phenoxy) is 2. The molecular weight excluding hydrogens is 610 g/mol. The van der Waals surface area contributed by atoms with E-state index in [0.29, 0.717) is 17.6 Å². The van der Waals surface area contributed by atoms with Gasteiger partial charge in [-0.3, -0.25) is 14.4 Å². The van der Waals surface area contributed by atoms with Crippen molar-refractivity contribution in [2.75, 3.05) is 6.61 Å². The average Bonchev–Trinajstić information content (AvgIpc) is 3.46. The highest BCUT2D eigenvalue weighted by atomic mass is 16.6. The van der Waals surface area contributed by atoms with Gasteiger partial charge in [0.05, 0.1) is 18.3 Å². The smallest absolute Gasteiger partial charge is 0.306 e. The second-order valence-corrected chi connectivity index (χ2v) is 15.1.